The standard InChI is InChI=1S/C10H14F2N2/c1-14(6-5-13)7-8-3-2-4-9(11)10(8)12/h2-4H,5-7,13H2,1H3. The van der Waals surface area contributed by atoms with E-state index in [0.29, 0.717) is 25.2 Å². The summed E-state index contributed by atoms with van der Waals surface area (Å²) in [4.78, 5) is 1.85. The number of benzene rings is 1. The van der Waals surface area contributed by atoms with Crippen molar-refractivity contribution in [3.05, 3.63) is 35.4 Å². The molecule has 0 unspecified atom stereocenters. The summed E-state index contributed by atoms with van der Waals surface area (Å²) in [6.45, 7) is 1.55. The lowest BCUT2D eigenvalue weighted by Gasteiger charge is -2.15. The van der Waals surface area contributed by atoms with Crippen LogP contribution in [0.1, 0.15) is 5.56 Å². The molecule has 2 N–H and O–H groups in total. The highest BCUT2D eigenvalue weighted by molar-refractivity contribution is 5.18. The molecule has 0 fully saturated rings. The van der Waals surface area contributed by atoms with E-state index in [1.54, 1.807) is 6.07 Å². The first-order valence-corrected chi connectivity index (χ1v) is 4.46. The maximum absolute atomic E-state index is 13.2. The number of hydrogen-bond acceptors (Lipinski definition) is 2. The summed E-state index contributed by atoms with van der Waals surface area (Å²) in [6.07, 6.45) is 0. The smallest absolute Gasteiger partial charge is 0.163 e. The fourth-order valence-corrected chi connectivity index (χ4v) is 1.26. The minimum atomic E-state index is -0.802. The minimum Gasteiger partial charge on any atom is -0.329 e. The quantitative estimate of drug-likeness (QED) is 0.795. The van der Waals surface area contributed by atoms with Gasteiger partial charge in [0, 0.05) is 25.2 Å². The molecule has 0 spiro atoms. The van der Waals surface area contributed by atoms with Gasteiger partial charge in [0.05, 0.1) is 0 Å². The Morgan fingerprint density at radius 3 is 2.71 bits per heavy atom. The molecule has 0 aliphatic heterocycles. The number of nitrogens with two attached hydrogens (primary N) is 1. The van der Waals surface area contributed by atoms with Gasteiger partial charge in [0.1, 0.15) is 0 Å². The van der Waals surface area contributed by atoms with Gasteiger partial charge in [-0.3, -0.25) is 0 Å². The van der Waals surface area contributed by atoms with Crippen LogP contribution in [0.3, 0.4) is 0 Å². The topological polar surface area (TPSA) is 29.3 Å². The Morgan fingerprint density at radius 2 is 2.07 bits per heavy atom. The summed E-state index contributed by atoms with van der Waals surface area (Å²) in [6, 6.07) is 4.19. The van der Waals surface area contributed by atoms with Crippen molar-refractivity contribution in [1.82, 2.24) is 4.90 Å². The van der Waals surface area contributed by atoms with E-state index >= 15 is 0 Å². The maximum Gasteiger partial charge on any atom is 0.163 e. The second-order valence-electron chi connectivity index (χ2n) is 3.24. The molecule has 0 aromatic heterocycles. The summed E-state index contributed by atoms with van der Waals surface area (Å²) in [5.41, 5.74) is 5.70. The highest BCUT2D eigenvalue weighted by Gasteiger charge is 2.08. The Hall–Kier alpha value is -1.00. The molecule has 0 aliphatic carbocycles. The molecule has 0 bridgehead atoms. The zero-order valence-electron chi connectivity index (χ0n) is 8.13. The van der Waals surface area contributed by atoms with E-state index in [4.69, 9.17) is 5.73 Å². The van der Waals surface area contributed by atoms with E-state index < -0.39 is 11.6 Å². The van der Waals surface area contributed by atoms with Crippen molar-refractivity contribution in [2.75, 3.05) is 20.1 Å². The molecular weight excluding hydrogens is 186 g/mol. The van der Waals surface area contributed by atoms with Crippen molar-refractivity contribution < 1.29 is 8.78 Å². The van der Waals surface area contributed by atoms with Gasteiger partial charge in [-0.25, -0.2) is 8.78 Å². The van der Waals surface area contributed by atoms with E-state index in [1.165, 1.54) is 6.07 Å². The highest BCUT2D eigenvalue weighted by atomic mass is 19.2. The highest BCUT2D eigenvalue weighted by Crippen LogP contribution is 2.12. The van der Waals surface area contributed by atoms with Crippen LogP contribution in [0.25, 0.3) is 0 Å². The number of rotatable bonds is 4. The van der Waals surface area contributed by atoms with Gasteiger partial charge in [0.25, 0.3) is 0 Å². The van der Waals surface area contributed by atoms with Gasteiger partial charge in [-0.1, -0.05) is 12.1 Å². The predicted octanol–water partition coefficient (Wildman–Crippen LogP) is 1.36. The van der Waals surface area contributed by atoms with Crippen molar-refractivity contribution in [2.45, 2.75) is 6.54 Å². The Balaban J connectivity index is 2.71. The third kappa shape index (κ3) is 2.75. The molecule has 0 atom stereocenters. The van der Waals surface area contributed by atoms with Crippen LogP contribution in [0.4, 0.5) is 8.78 Å². The van der Waals surface area contributed by atoms with Crippen molar-refractivity contribution >= 4 is 0 Å². The average molecular weight is 200 g/mol. The summed E-state index contributed by atoms with van der Waals surface area (Å²) in [7, 11) is 1.82. The van der Waals surface area contributed by atoms with Gasteiger partial charge >= 0.3 is 0 Å². The van der Waals surface area contributed by atoms with Crippen LogP contribution in [0.15, 0.2) is 18.2 Å². The van der Waals surface area contributed by atoms with E-state index in [9.17, 15) is 8.78 Å². The Labute approximate surface area is 82.3 Å². The van der Waals surface area contributed by atoms with Crippen LogP contribution in [0.5, 0.6) is 0 Å². The van der Waals surface area contributed by atoms with Crippen molar-refractivity contribution in [1.29, 1.82) is 0 Å². The Morgan fingerprint density at radius 1 is 1.36 bits per heavy atom. The number of nitrogens with zero attached hydrogens (tertiary/aromatic N) is 1. The predicted molar refractivity (Wildman–Crippen MR) is 51.7 cm³/mol. The molecule has 78 valence electrons. The van der Waals surface area contributed by atoms with E-state index in [0.717, 1.165) is 6.07 Å². The second kappa shape index (κ2) is 5.02. The number of hydrogen-bond donors (Lipinski definition) is 1. The molecule has 0 radical (unpaired) electrons. The summed E-state index contributed by atoms with van der Waals surface area (Å²) >= 11 is 0. The molecular formula is C10H14F2N2. The molecule has 1 rings (SSSR count). The maximum atomic E-state index is 13.2. The molecule has 0 heterocycles. The third-order valence-corrected chi connectivity index (χ3v) is 1.98. The SMILES string of the molecule is CN(CCN)Cc1cccc(F)c1F. The number of likely N-dealkylation sites (N-methyl/N-ethyl adjacent to an activating group) is 1. The van der Waals surface area contributed by atoms with Crippen LogP contribution in [0.2, 0.25) is 0 Å². The third-order valence-electron chi connectivity index (χ3n) is 1.98. The van der Waals surface area contributed by atoms with Crippen LogP contribution in [0, 0.1) is 11.6 Å². The van der Waals surface area contributed by atoms with Crippen molar-refractivity contribution in [3.63, 3.8) is 0 Å². The number of halogens is 2. The lowest BCUT2D eigenvalue weighted by atomic mass is 10.2. The molecule has 0 aliphatic rings. The molecule has 14 heavy (non-hydrogen) atoms. The van der Waals surface area contributed by atoms with Crippen molar-refractivity contribution in [3.8, 4) is 0 Å². The fraction of sp³-hybridized carbons (Fsp3) is 0.400. The van der Waals surface area contributed by atoms with Gasteiger partial charge in [-0.2, -0.15) is 0 Å². The van der Waals surface area contributed by atoms with Crippen LogP contribution >= 0.6 is 0 Å². The summed E-state index contributed by atoms with van der Waals surface area (Å²) in [5.74, 6) is -1.57. The first-order chi connectivity index (χ1) is 6.65. The fourth-order valence-electron chi connectivity index (χ4n) is 1.26. The van der Waals surface area contributed by atoms with Gasteiger partial charge in [-0.05, 0) is 13.1 Å². The van der Waals surface area contributed by atoms with Crippen LogP contribution in [-0.4, -0.2) is 25.0 Å². The molecule has 1 aromatic rings. The molecule has 0 saturated carbocycles. The summed E-state index contributed by atoms with van der Waals surface area (Å²) < 4.78 is 26.0. The zero-order chi connectivity index (χ0) is 10.6. The Bertz CT molecular complexity index is 302. The Kier molecular flexibility index (Phi) is 3.98. The van der Waals surface area contributed by atoms with Crippen LogP contribution in [-0.2, 0) is 6.54 Å². The lowest BCUT2D eigenvalue weighted by molar-refractivity contribution is 0.327. The second-order valence-corrected chi connectivity index (χ2v) is 3.24. The normalized spacial score (nSPS) is 10.9. The lowest BCUT2D eigenvalue weighted by Crippen LogP contribution is -2.25. The molecule has 1 aromatic carbocycles. The zero-order valence-corrected chi connectivity index (χ0v) is 8.13. The van der Waals surface area contributed by atoms with Gasteiger partial charge in [0.2, 0.25) is 0 Å². The molecule has 2 nitrogen and oxygen atoms in total. The minimum absolute atomic E-state index is 0.362. The average Bonchev–Trinajstić information content (AvgIpc) is 2.13. The van der Waals surface area contributed by atoms with Gasteiger partial charge in [-0.15, -0.1) is 0 Å². The van der Waals surface area contributed by atoms with Crippen LogP contribution < -0.4 is 5.73 Å². The molecule has 0 saturated heterocycles. The largest absolute Gasteiger partial charge is 0.329 e. The van der Waals surface area contributed by atoms with E-state index in [2.05, 4.69) is 0 Å². The van der Waals surface area contributed by atoms with Crippen molar-refractivity contribution in [2.24, 2.45) is 5.73 Å². The summed E-state index contributed by atoms with van der Waals surface area (Å²) in [5, 5.41) is 0. The molecule has 4 heteroatoms. The van der Waals surface area contributed by atoms with Gasteiger partial charge < -0.3 is 10.6 Å². The monoisotopic (exact) mass is 200 g/mol. The van der Waals surface area contributed by atoms with Gasteiger partial charge in [0.15, 0.2) is 11.6 Å². The first kappa shape index (κ1) is 11.1. The molecule has 0 amide bonds. The van der Waals surface area contributed by atoms with E-state index in [1.807, 2.05) is 11.9 Å². The van der Waals surface area contributed by atoms with E-state index in [-0.39, 0.29) is 0 Å². The first-order valence-electron chi connectivity index (χ1n) is 4.46.